The molecule has 0 spiro atoms. The largest absolute Gasteiger partial charge is 0.374 e. The number of aromatic nitrogens is 2. The fraction of sp³-hybridized carbons (Fsp3) is 0.600. The van der Waals surface area contributed by atoms with Gasteiger partial charge in [0.15, 0.2) is 0 Å². The van der Waals surface area contributed by atoms with Crippen molar-refractivity contribution >= 4 is 28.2 Å². The summed E-state index contributed by atoms with van der Waals surface area (Å²) < 4.78 is 0. The number of hydrogen-bond donors (Lipinski definition) is 1. The Bertz CT molecular complexity index is 210. The Balaban J connectivity index is 2.74. The summed E-state index contributed by atoms with van der Waals surface area (Å²) >= 11 is 3.20. The van der Waals surface area contributed by atoms with Gasteiger partial charge in [-0.3, -0.25) is 0 Å². The number of thioether (sulfide) groups is 1. The Hall–Kier alpha value is -0.290. The Kier molecular flexibility index (Phi) is 2.50. The van der Waals surface area contributed by atoms with E-state index in [0.717, 1.165) is 5.01 Å². The molecule has 0 aliphatic carbocycles. The van der Waals surface area contributed by atoms with Crippen LogP contribution in [0.25, 0.3) is 0 Å². The van der Waals surface area contributed by atoms with Gasteiger partial charge in [0.05, 0.1) is 5.25 Å². The van der Waals surface area contributed by atoms with E-state index in [4.69, 9.17) is 5.73 Å². The fourth-order valence-electron chi connectivity index (χ4n) is 0.512. The Morgan fingerprint density at radius 2 is 2.30 bits per heavy atom. The lowest BCUT2D eigenvalue weighted by Gasteiger charge is -1.99. The maximum absolute atomic E-state index is 5.41. The molecule has 56 valence electrons. The van der Waals surface area contributed by atoms with Crippen molar-refractivity contribution < 1.29 is 0 Å². The fourth-order valence-corrected chi connectivity index (χ4v) is 1.74. The maximum Gasteiger partial charge on any atom is 0.203 e. The molecule has 1 rings (SSSR count). The van der Waals surface area contributed by atoms with Crippen molar-refractivity contribution in [1.82, 2.24) is 10.2 Å². The standard InChI is InChI=1S/C5H9N3S2/c1-3(9-2)4-7-8-5(6)10-4/h3H,1-2H3,(H2,6,8). The number of nitrogens with zero attached hydrogens (tertiary/aromatic N) is 2. The summed E-state index contributed by atoms with van der Waals surface area (Å²) in [6, 6.07) is 0. The van der Waals surface area contributed by atoms with Gasteiger partial charge in [0, 0.05) is 0 Å². The van der Waals surface area contributed by atoms with Crippen molar-refractivity contribution in [3.8, 4) is 0 Å². The van der Waals surface area contributed by atoms with Gasteiger partial charge in [-0.1, -0.05) is 11.3 Å². The first-order chi connectivity index (χ1) is 4.74. The van der Waals surface area contributed by atoms with Crippen molar-refractivity contribution in [3.63, 3.8) is 0 Å². The quantitative estimate of drug-likeness (QED) is 0.741. The van der Waals surface area contributed by atoms with E-state index in [0.29, 0.717) is 10.4 Å². The summed E-state index contributed by atoms with van der Waals surface area (Å²) in [5.74, 6) is 0. The zero-order chi connectivity index (χ0) is 7.56. The molecule has 1 aromatic rings. The van der Waals surface area contributed by atoms with Gasteiger partial charge in [-0.15, -0.1) is 10.2 Å². The predicted molar refractivity (Wildman–Crippen MR) is 46.3 cm³/mol. The average molecular weight is 175 g/mol. The van der Waals surface area contributed by atoms with Gasteiger partial charge in [0.1, 0.15) is 5.01 Å². The molecule has 3 nitrogen and oxygen atoms in total. The van der Waals surface area contributed by atoms with Crippen LogP contribution in [-0.4, -0.2) is 16.5 Å². The highest BCUT2D eigenvalue weighted by molar-refractivity contribution is 7.98. The summed E-state index contributed by atoms with van der Waals surface area (Å²) in [6.07, 6.45) is 2.04. The molecule has 0 fully saturated rings. The number of nitrogens with two attached hydrogens (primary N) is 1. The first-order valence-corrected chi connectivity index (χ1v) is 4.96. The van der Waals surface area contributed by atoms with Crippen LogP contribution in [0.5, 0.6) is 0 Å². The molecule has 5 heteroatoms. The van der Waals surface area contributed by atoms with Crippen molar-refractivity contribution in [3.05, 3.63) is 5.01 Å². The molecule has 1 unspecified atom stereocenters. The summed E-state index contributed by atoms with van der Waals surface area (Å²) in [5, 5.41) is 9.60. The number of nitrogen functional groups attached to an aromatic ring is 1. The van der Waals surface area contributed by atoms with E-state index >= 15 is 0 Å². The molecule has 0 aliphatic heterocycles. The van der Waals surface area contributed by atoms with Crippen LogP contribution in [0, 0.1) is 0 Å². The number of anilines is 1. The van der Waals surface area contributed by atoms with Gasteiger partial charge in [0.2, 0.25) is 5.13 Å². The van der Waals surface area contributed by atoms with Gasteiger partial charge in [-0.05, 0) is 13.2 Å². The molecule has 0 bridgehead atoms. The van der Waals surface area contributed by atoms with E-state index in [2.05, 4.69) is 17.1 Å². The molecule has 10 heavy (non-hydrogen) atoms. The second-order valence-corrected chi connectivity index (χ2v) is 4.08. The zero-order valence-electron chi connectivity index (χ0n) is 5.87. The predicted octanol–water partition coefficient (Wildman–Crippen LogP) is 1.54. The van der Waals surface area contributed by atoms with Crippen LogP contribution < -0.4 is 5.73 Å². The third kappa shape index (κ3) is 1.60. The number of rotatable bonds is 2. The highest BCUT2D eigenvalue weighted by atomic mass is 32.2. The molecule has 1 atom stereocenters. The number of hydrogen-bond acceptors (Lipinski definition) is 5. The van der Waals surface area contributed by atoms with Crippen LogP contribution in [0.3, 0.4) is 0 Å². The molecule has 1 heterocycles. The minimum Gasteiger partial charge on any atom is -0.374 e. The Morgan fingerprint density at radius 1 is 1.60 bits per heavy atom. The SMILES string of the molecule is CSC(C)c1nnc(N)s1. The summed E-state index contributed by atoms with van der Waals surface area (Å²) in [6.45, 7) is 2.09. The van der Waals surface area contributed by atoms with Crippen molar-refractivity contribution in [2.24, 2.45) is 0 Å². The van der Waals surface area contributed by atoms with Gasteiger partial charge < -0.3 is 5.73 Å². The summed E-state index contributed by atoms with van der Waals surface area (Å²) in [5.41, 5.74) is 5.41. The molecular formula is C5H9N3S2. The van der Waals surface area contributed by atoms with Crippen molar-refractivity contribution in [2.75, 3.05) is 12.0 Å². The van der Waals surface area contributed by atoms with E-state index in [1.807, 2.05) is 6.26 Å². The van der Waals surface area contributed by atoms with E-state index in [9.17, 15) is 0 Å². The molecule has 2 N–H and O–H groups in total. The van der Waals surface area contributed by atoms with E-state index in [1.54, 1.807) is 11.8 Å². The lowest BCUT2D eigenvalue weighted by atomic mass is 10.5. The summed E-state index contributed by atoms with van der Waals surface area (Å²) in [7, 11) is 0. The molecule has 0 radical (unpaired) electrons. The third-order valence-electron chi connectivity index (χ3n) is 1.16. The first-order valence-electron chi connectivity index (χ1n) is 2.85. The molecule has 0 aliphatic rings. The van der Waals surface area contributed by atoms with Gasteiger partial charge >= 0.3 is 0 Å². The molecule has 0 aromatic carbocycles. The van der Waals surface area contributed by atoms with Crippen LogP contribution in [0.1, 0.15) is 17.2 Å². The molecule has 0 amide bonds. The van der Waals surface area contributed by atoms with Gasteiger partial charge in [-0.2, -0.15) is 11.8 Å². The summed E-state index contributed by atoms with van der Waals surface area (Å²) in [4.78, 5) is 0. The normalized spacial score (nSPS) is 13.4. The lowest BCUT2D eigenvalue weighted by molar-refractivity contribution is 0.973. The zero-order valence-corrected chi connectivity index (χ0v) is 7.50. The molecule has 0 saturated carbocycles. The molecule has 1 aromatic heterocycles. The third-order valence-corrected chi connectivity index (χ3v) is 3.17. The highest BCUT2D eigenvalue weighted by Gasteiger charge is 2.07. The van der Waals surface area contributed by atoms with E-state index in [-0.39, 0.29) is 0 Å². The van der Waals surface area contributed by atoms with Gasteiger partial charge in [-0.25, -0.2) is 0 Å². The van der Waals surface area contributed by atoms with Crippen LogP contribution in [0.4, 0.5) is 5.13 Å². The van der Waals surface area contributed by atoms with Crippen LogP contribution in [0.15, 0.2) is 0 Å². The van der Waals surface area contributed by atoms with Crippen molar-refractivity contribution in [2.45, 2.75) is 12.2 Å². The van der Waals surface area contributed by atoms with Gasteiger partial charge in [0.25, 0.3) is 0 Å². The van der Waals surface area contributed by atoms with Crippen LogP contribution in [-0.2, 0) is 0 Å². The highest BCUT2D eigenvalue weighted by Crippen LogP contribution is 2.28. The van der Waals surface area contributed by atoms with E-state index < -0.39 is 0 Å². The molecule has 0 saturated heterocycles. The smallest absolute Gasteiger partial charge is 0.203 e. The van der Waals surface area contributed by atoms with Crippen LogP contribution in [0.2, 0.25) is 0 Å². The average Bonchev–Trinajstić information content (AvgIpc) is 2.34. The lowest BCUT2D eigenvalue weighted by Crippen LogP contribution is -1.84. The second kappa shape index (κ2) is 3.21. The van der Waals surface area contributed by atoms with Crippen LogP contribution >= 0.6 is 23.1 Å². The topological polar surface area (TPSA) is 51.8 Å². The maximum atomic E-state index is 5.41. The van der Waals surface area contributed by atoms with E-state index in [1.165, 1.54) is 11.3 Å². The monoisotopic (exact) mass is 175 g/mol. The van der Waals surface area contributed by atoms with Crippen molar-refractivity contribution in [1.29, 1.82) is 0 Å². The Labute approximate surface area is 68.0 Å². The first kappa shape index (κ1) is 7.81. The minimum absolute atomic E-state index is 0.412. The molecular weight excluding hydrogens is 166 g/mol. The Morgan fingerprint density at radius 3 is 2.70 bits per heavy atom. The minimum atomic E-state index is 0.412. The second-order valence-electron chi connectivity index (χ2n) is 1.86.